The molecule has 24 heavy (non-hydrogen) atoms. The van der Waals surface area contributed by atoms with Crippen molar-refractivity contribution >= 4 is 29.2 Å². The van der Waals surface area contributed by atoms with Crippen molar-refractivity contribution in [2.24, 2.45) is 0 Å². The monoisotopic (exact) mass is 343 g/mol. The summed E-state index contributed by atoms with van der Waals surface area (Å²) in [5, 5.41) is 12.2. The van der Waals surface area contributed by atoms with E-state index in [9.17, 15) is 14.7 Å². The summed E-state index contributed by atoms with van der Waals surface area (Å²) in [4.78, 5) is 23.6. The average molecular weight is 344 g/mol. The summed E-state index contributed by atoms with van der Waals surface area (Å²) in [5.74, 6) is -0.870. The summed E-state index contributed by atoms with van der Waals surface area (Å²) in [6.07, 6.45) is 4.94. The fourth-order valence-electron chi connectivity index (χ4n) is 3.17. The molecule has 3 rings (SSSR count). The molecule has 1 saturated carbocycles. The Bertz CT molecular complexity index is 765. The van der Waals surface area contributed by atoms with Gasteiger partial charge in [0.15, 0.2) is 0 Å². The molecule has 1 fully saturated rings. The Morgan fingerprint density at radius 2 is 1.71 bits per heavy atom. The van der Waals surface area contributed by atoms with Crippen molar-refractivity contribution in [3.05, 3.63) is 64.2 Å². The zero-order chi connectivity index (χ0) is 17.1. The molecular formula is C19H18ClNO3. The van der Waals surface area contributed by atoms with Crippen molar-refractivity contribution in [2.45, 2.75) is 31.6 Å². The number of carbonyl (C=O) groups excluding carboxylic acids is 1. The Morgan fingerprint density at radius 1 is 1.04 bits per heavy atom. The average Bonchev–Trinajstić information content (AvgIpc) is 3.09. The third kappa shape index (κ3) is 3.60. The lowest BCUT2D eigenvalue weighted by Gasteiger charge is -2.11. The summed E-state index contributed by atoms with van der Waals surface area (Å²) in [7, 11) is 0. The molecule has 2 N–H and O–H groups in total. The Hall–Kier alpha value is -2.33. The van der Waals surface area contributed by atoms with Crippen LogP contribution in [0, 0.1) is 0 Å². The van der Waals surface area contributed by atoms with Gasteiger partial charge in [-0.05, 0) is 54.7 Å². The molecule has 1 aliphatic carbocycles. The van der Waals surface area contributed by atoms with Gasteiger partial charge in [0.2, 0.25) is 0 Å². The van der Waals surface area contributed by atoms with Crippen LogP contribution in [0.2, 0.25) is 5.02 Å². The van der Waals surface area contributed by atoms with Crippen LogP contribution in [0.3, 0.4) is 0 Å². The first-order valence-corrected chi connectivity index (χ1v) is 8.36. The molecule has 5 heteroatoms. The first-order valence-electron chi connectivity index (χ1n) is 7.99. The van der Waals surface area contributed by atoms with Crippen LogP contribution in [0.15, 0.2) is 42.5 Å². The summed E-state index contributed by atoms with van der Waals surface area (Å²) >= 11 is 5.90. The second kappa shape index (κ2) is 7.05. The van der Waals surface area contributed by atoms with Gasteiger partial charge >= 0.3 is 5.97 Å². The fourth-order valence-corrected chi connectivity index (χ4v) is 3.34. The maximum atomic E-state index is 12.4. The quantitative estimate of drug-likeness (QED) is 0.825. The molecule has 0 saturated heterocycles. The second-order valence-corrected chi connectivity index (χ2v) is 6.49. The molecule has 0 bridgehead atoms. The highest BCUT2D eigenvalue weighted by atomic mass is 35.5. The van der Waals surface area contributed by atoms with Crippen molar-refractivity contribution < 1.29 is 14.7 Å². The number of carboxylic acid groups (broad SMARTS) is 1. The van der Waals surface area contributed by atoms with E-state index in [1.54, 1.807) is 12.1 Å². The number of rotatable bonds is 4. The Kier molecular flexibility index (Phi) is 4.86. The number of hydrogen-bond donors (Lipinski definition) is 2. The zero-order valence-electron chi connectivity index (χ0n) is 13.1. The molecule has 124 valence electrons. The molecule has 0 atom stereocenters. The standard InChI is InChI=1S/C19H18ClNO3/c20-15-9-10-16(19(23)24)17(11-15)21-18(22)14-7-5-13(6-8-14)12-3-1-2-4-12/h5-12H,1-4H2,(H,21,22)(H,23,24). The number of benzene rings is 2. The number of amides is 1. The van der Waals surface area contributed by atoms with Crippen molar-refractivity contribution in [1.82, 2.24) is 0 Å². The summed E-state index contributed by atoms with van der Waals surface area (Å²) in [6.45, 7) is 0. The molecule has 0 spiro atoms. The Balaban J connectivity index is 1.77. The number of halogens is 1. The van der Waals surface area contributed by atoms with Gasteiger partial charge in [-0.15, -0.1) is 0 Å². The van der Waals surface area contributed by atoms with Crippen LogP contribution in [0.1, 0.15) is 57.9 Å². The van der Waals surface area contributed by atoms with Crippen LogP contribution in [-0.2, 0) is 0 Å². The van der Waals surface area contributed by atoms with Crippen LogP contribution < -0.4 is 5.32 Å². The molecule has 2 aromatic carbocycles. The minimum atomic E-state index is -1.11. The van der Waals surface area contributed by atoms with Crippen molar-refractivity contribution in [3.63, 3.8) is 0 Å². The zero-order valence-corrected chi connectivity index (χ0v) is 13.8. The fraction of sp³-hybridized carbons (Fsp3) is 0.263. The van der Waals surface area contributed by atoms with E-state index in [0.29, 0.717) is 16.5 Å². The second-order valence-electron chi connectivity index (χ2n) is 6.05. The highest BCUT2D eigenvalue weighted by molar-refractivity contribution is 6.31. The number of aromatic carboxylic acids is 1. The van der Waals surface area contributed by atoms with E-state index in [0.717, 1.165) is 0 Å². The lowest BCUT2D eigenvalue weighted by molar-refractivity contribution is 0.0698. The van der Waals surface area contributed by atoms with Crippen LogP contribution in [0.5, 0.6) is 0 Å². The van der Waals surface area contributed by atoms with Gasteiger partial charge in [-0.2, -0.15) is 0 Å². The van der Waals surface area contributed by atoms with E-state index in [-0.39, 0.29) is 17.2 Å². The van der Waals surface area contributed by atoms with Crippen LogP contribution in [0.4, 0.5) is 5.69 Å². The van der Waals surface area contributed by atoms with Crippen LogP contribution in [-0.4, -0.2) is 17.0 Å². The molecule has 4 nitrogen and oxygen atoms in total. The van der Waals surface area contributed by atoms with E-state index in [1.165, 1.54) is 49.4 Å². The van der Waals surface area contributed by atoms with Crippen molar-refractivity contribution in [2.75, 3.05) is 5.32 Å². The lowest BCUT2D eigenvalue weighted by Crippen LogP contribution is -2.15. The van der Waals surface area contributed by atoms with E-state index >= 15 is 0 Å². The molecule has 0 heterocycles. The van der Waals surface area contributed by atoms with E-state index in [2.05, 4.69) is 5.32 Å². The molecule has 0 aromatic heterocycles. The van der Waals surface area contributed by atoms with Gasteiger partial charge in [-0.25, -0.2) is 4.79 Å². The Labute approximate surface area is 145 Å². The minimum absolute atomic E-state index is 0.00956. The Morgan fingerprint density at radius 3 is 2.33 bits per heavy atom. The summed E-state index contributed by atoms with van der Waals surface area (Å²) in [5.41, 5.74) is 1.96. The molecule has 1 aliphatic rings. The predicted octanol–water partition coefficient (Wildman–Crippen LogP) is 4.95. The van der Waals surface area contributed by atoms with Crippen molar-refractivity contribution in [1.29, 1.82) is 0 Å². The summed E-state index contributed by atoms with van der Waals surface area (Å²) in [6, 6.07) is 11.8. The lowest BCUT2D eigenvalue weighted by atomic mass is 9.96. The minimum Gasteiger partial charge on any atom is -0.478 e. The third-order valence-corrected chi connectivity index (χ3v) is 4.69. The smallest absolute Gasteiger partial charge is 0.337 e. The van der Waals surface area contributed by atoms with Crippen molar-refractivity contribution in [3.8, 4) is 0 Å². The summed E-state index contributed by atoms with van der Waals surface area (Å²) < 4.78 is 0. The molecule has 2 aromatic rings. The molecule has 0 unspecified atom stereocenters. The SMILES string of the molecule is O=C(Nc1cc(Cl)ccc1C(=O)O)c1ccc(C2CCCC2)cc1. The molecule has 1 amide bonds. The maximum absolute atomic E-state index is 12.4. The maximum Gasteiger partial charge on any atom is 0.337 e. The molecular weight excluding hydrogens is 326 g/mol. The topological polar surface area (TPSA) is 66.4 Å². The van der Waals surface area contributed by atoms with E-state index < -0.39 is 5.97 Å². The van der Waals surface area contributed by atoms with Gasteiger partial charge in [-0.1, -0.05) is 36.6 Å². The van der Waals surface area contributed by atoms with Crippen LogP contribution in [0.25, 0.3) is 0 Å². The number of nitrogens with one attached hydrogen (secondary N) is 1. The molecule has 0 aliphatic heterocycles. The van der Waals surface area contributed by atoms with Gasteiger partial charge < -0.3 is 10.4 Å². The van der Waals surface area contributed by atoms with E-state index in [1.807, 2.05) is 12.1 Å². The number of hydrogen-bond acceptors (Lipinski definition) is 2. The highest BCUT2D eigenvalue weighted by Gasteiger charge is 2.18. The highest BCUT2D eigenvalue weighted by Crippen LogP contribution is 2.34. The third-order valence-electron chi connectivity index (χ3n) is 4.46. The number of carbonyl (C=O) groups is 2. The first-order chi connectivity index (χ1) is 11.5. The van der Waals surface area contributed by atoms with Gasteiger partial charge in [0.05, 0.1) is 11.3 Å². The molecule has 0 radical (unpaired) electrons. The largest absolute Gasteiger partial charge is 0.478 e. The van der Waals surface area contributed by atoms with Gasteiger partial charge in [-0.3, -0.25) is 4.79 Å². The first kappa shape index (κ1) is 16.5. The predicted molar refractivity (Wildman–Crippen MR) is 94.0 cm³/mol. The van der Waals surface area contributed by atoms with Crippen LogP contribution >= 0.6 is 11.6 Å². The van der Waals surface area contributed by atoms with E-state index in [4.69, 9.17) is 11.6 Å². The van der Waals surface area contributed by atoms with Gasteiger partial charge in [0, 0.05) is 10.6 Å². The van der Waals surface area contributed by atoms with Gasteiger partial charge in [0.1, 0.15) is 0 Å². The van der Waals surface area contributed by atoms with Gasteiger partial charge in [0.25, 0.3) is 5.91 Å². The normalized spacial score (nSPS) is 14.5. The number of anilines is 1. The number of carboxylic acids is 1.